The first-order valence-electron chi connectivity index (χ1n) is 10.1. The van der Waals surface area contributed by atoms with E-state index in [1.54, 1.807) is 0 Å². The Bertz CT molecular complexity index is 461. The third kappa shape index (κ3) is 17.8. The van der Waals surface area contributed by atoms with Gasteiger partial charge in [0.25, 0.3) is 0 Å². The minimum Gasteiger partial charge on any atom is -0.306 e. The van der Waals surface area contributed by atoms with Gasteiger partial charge in [-0.2, -0.15) is 0 Å². The first-order chi connectivity index (χ1) is 13.1. The van der Waals surface area contributed by atoms with Crippen LogP contribution in [-0.4, -0.2) is 26.4 Å². The second-order valence-electron chi connectivity index (χ2n) is 7.20. The number of hydrogen-bond acceptors (Lipinski definition) is 6. The van der Waals surface area contributed by atoms with Gasteiger partial charge in [-0.3, -0.25) is 9.13 Å². The molecule has 0 heterocycles. The Morgan fingerprint density at radius 3 is 1.29 bits per heavy atom. The topological polar surface area (TPSA) is 71.1 Å². The monoisotopic (exact) mass is 440 g/mol. The molecular weight excluding hydrogens is 398 g/mol. The highest BCUT2D eigenvalue weighted by atomic mass is 31.2. The summed E-state index contributed by atoms with van der Waals surface area (Å²) in [7, 11) is -6.04. The van der Waals surface area contributed by atoms with E-state index in [1.807, 2.05) is 27.7 Å². The van der Waals surface area contributed by atoms with E-state index in [2.05, 4.69) is 27.0 Å². The highest BCUT2D eigenvalue weighted by molar-refractivity contribution is 7.57. The van der Waals surface area contributed by atoms with Crippen molar-refractivity contribution in [3.8, 4) is 0 Å². The Balaban J connectivity index is 0. The number of rotatable bonds is 16. The second kappa shape index (κ2) is 17.6. The molecule has 0 spiro atoms. The molecule has 0 aliphatic rings. The van der Waals surface area contributed by atoms with Crippen LogP contribution in [0.15, 0.2) is 24.8 Å². The maximum Gasteiger partial charge on any atom is 0.353 e. The van der Waals surface area contributed by atoms with Gasteiger partial charge in [0.2, 0.25) is 0 Å². The summed E-state index contributed by atoms with van der Waals surface area (Å²) in [6, 6.07) is 0. The Kier molecular flexibility index (Phi) is 18.9. The van der Waals surface area contributed by atoms with Crippen molar-refractivity contribution in [2.45, 2.75) is 67.2 Å². The Hall–Kier alpha value is -0.220. The van der Waals surface area contributed by atoms with Crippen LogP contribution in [0.4, 0.5) is 0 Å². The fraction of sp³-hybridized carbons (Fsp3) is 0.800. The molecule has 0 rings (SSSR count). The van der Waals surface area contributed by atoms with Crippen LogP contribution in [0.2, 0.25) is 0 Å². The summed E-state index contributed by atoms with van der Waals surface area (Å²) in [4.78, 5) is 0. The van der Waals surface area contributed by atoms with E-state index in [4.69, 9.17) is 18.1 Å². The van der Waals surface area contributed by atoms with Crippen LogP contribution in [0.25, 0.3) is 0 Å². The largest absolute Gasteiger partial charge is 0.353 e. The van der Waals surface area contributed by atoms with Crippen LogP contribution < -0.4 is 0 Å². The Morgan fingerprint density at radius 1 is 0.714 bits per heavy atom. The summed E-state index contributed by atoms with van der Waals surface area (Å²) < 4.78 is 44.4. The molecule has 0 radical (unpaired) electrons. The van der Waals surface area contributed by atoms with Gasteiger partial charge in [-0.1, -0.05) is 67.5 Å². The summed E-state index contributed by atoms with van der Waals surface area (Å²) >= 11 is 0. The molecule has 0 bridgehead atoms. The lowest BCUT2D eigenvalue weighted by atomic mass is 10.2. The molecule has 0 saturated carbocycles. The van der Waals surface area contributed by atoms with Gasteiger partial charge in [-0.05, 0) is 24.7 Å². The summed E-state index contributed by atoms with van der Waals surface area (Å²) in [5, 5.41) is 0. The third-order valence-corrected chi connectivity index (χ3v) is 6.16. The van der Waals surface area contributed by atoms with Gasteiger partial charge in [0.15, 0.2) is 0 Å². The van der Waals surface area contributed by atoms with Crippen molar-refractivity contribution in [1.29, 1.82) is 0 Å². The van der Waals surface area contributed by atoms with E-state index in [-0.39, 0.29) is 0 Å². The van der Waals surface area contributed by atoms with Crippen molar-refractivity contribution in [2.24, 2.45) is 11.8 Å². The van der Waals surface area contributed by atoms with Crippen LogP contribution in [0.3, 0.4) is 0 Å². The molecule has 0 saturated heterocycles. The van der Waals surface area contributed by atoms with Crippen molar-refractivity contribution in [3.63, 3.8) is 0 Å². The lowest BCUT2D eigenvalue weighted by molar-refractivity contribution is 0.180. The third-order valence-electron chi connectivity index (χ3n) is 3.16. The molecule has 0 aromatic carbocycles. The first-order valence-corrected chi connectivity index (χ1v) is 13.3. The summed E-state index contributed by atoms with van der Waals surface area (Å²) in [6.45, 7) is 20.9. The molecule has 6 nitrogen and oxygen atoms in total. The van der Waals surface area contributed by atoms with E-state index in [0.717, 1.165) is 25.7 Å². The molecule has 0 aliphatic carbocycles. The SMILES string of the molecule is C=CP(=O)(OCC(C)C)OCC(C)C.C=CP(=O)(OCCCC)OCCCC. The van der Waals surface area contributed by atoms with Crippen molar-refractivity contribution < 1.29 is 27.2 Å². The van der Waals surface area contributed by atoms with Gasteiger partial charge in [0.1, 0.15) is 0 Å². The quantitative estimate of drug-likeness (QED) is 0.182. The highest BCUT2D eigenvalue weighted by Crippen LogP contribution is 2.50. The molecule has 0 N–H and O–H groups in total. The molecular formula is C20H42O6P2. The van der Waals surface area contributed by atoms with Gasteiger partial charge in [0, 0.05) is 11.6 Å². The van der Waals surface area contributed by atoms with E-state index in [9.17, 15) is 9.13 Å². The van der Waals surface area contributed by atoms with Crippen LogP contribution >= 0.6 is 15.2 Å². The lowest BCUT2D eigenvalue weighted by Gasteiger charge is -2.17. The molecule has 8 heteroatoms. The molecule has 0 aliphatic heterocycles. The maximum absolute atomic E-state index is 11.8. The minimum absolute atomic E-state index is 0.339. The van der Waals surface area contributed by atoms with Gasteiger partial charge in [-0.25, -0.2) is 0 Å². The van der Waals surface area contributed by atoms with Gasteiger partial charge < -0.3 is 18.1 Å². The average Bonchev–Trinajstić information content (AvgIpc) is 2.66. The molecule has 0 atom stereocenters. The highest BCUT2D eigenvalue weighted by Gasteiger charge is 2.20. The van der Waals surface area contributed by atoms with Crippen LogP contribution in [0.1, 0.15) is 67.2 Å². The first kappa shape index (κ1) is 30.0. The van der Waals surface area contributed by atoms with E-state index < -0.39 is 15.2 Å². The summed E-state index contributed by atoms with van der Waals surface area (Å²) in [6.07, 6.45) is 3.84. The zero-order valence-electron chi connectivity index (χ0n) is 18.7. The molecule has 168 valence electrons. The second-order valence-corrected chi connectivity index (χ2v) is 11.1. The predicted molar refractivity (Wildman–Crippen MR) is 119 cm³/mol. The number of unbranched alkanes of at least 4 members (excludes halogenated alkanes) is 2. The fourth-order valence-electron chi connectivity index (χ4n) is 1.46. The van der Waals surface area contributed by atoms with Crippen molar-refractivity contribution in [1.82, 2.24) is 0 Å². The van der Waals surface area contributed by atoms with Crippen LogP contribution in [0, 0.1) is 11.8 Å². The average molecular weight is 440 g/mol. The zero-order chi connectivity index (χ0) is 22.1. The lowest BCUT2D eigenvalue weighted by Crippen LogP contribution is -2.04. The van der Waals surface area contributed by atoms with E-state index in [1.165, 1.54) is 11.6 Å². The Labute approximate surface area is 173 Å². The standard InChI is InChI=1S/2C10H21O3P/c1-6-14(11,12-7-9(2)3)13-8-10(4)5;1-4-7-9-12-14(11,6-3)13-10-8-5-2/h6,9-10H,1,7-8H2,2-5H3;6H,3-5,7-10H2,1-2H3. The number of hydrogen-bond donors (Lipinski definition) is 0. The van der Waals surface area contributed by atoms with Crippen LogP contribution in [-0.2, 0) is 27.2 Å². The van der Waals surface area contributed by atoms with Crippen molar-refractivity contribution in [3.05, 3.63) is 24.8 Å². The van der Waals surface area contributed by atoms with E-state index >= 15 is 0 Å². The smallest absolute Gasteiger partial charge is 0.306 e. The molecule has 0 unspecified atom stereocenters. The summed E-state index contributed by atoms with van der Waals surface area (Å²) in [5.41, 5.74) is 0. The van der Waals surface area contributed by atoms with Crippen molar-refractivity contribution >= 4 is 15.2 Å². The fourth-order valence-corrected chi connectivity index (χ4v) is 3.81. The molecule has 28 heavy (non-hydrogen) atoms. The minimum atomic E-state index is -3.04. The maximum atomic E-state index is 11.8. The van der Waals surface area contributed by atoms with Gasteiger partial charge >= 0.3 is 15.2 Å². The predicted octanol–water partition coefficient (Wildman–Crippen LogP) is 7.62. The molecule has 0 amide bonds. The molecule has 0 aromatic heterocycles. The normalized spacial score (nSPS) is 12.0. The summed E-state index contributed by atoms with van der Waals surface area (Å²) in [5.74, 6) is 3.24. The zero-order valence-corrected chi connectivity index (χ0v) is 20.5. The van der Waals surface area contributed by atoms with Crippen molar-refractivity contribution in [2.75, 3.05) is 26.4 Å². The van der Waals surface area contributed by atoms with Crippen LogP contribution in [0.5, 0.6) is 0 Å². The molecule has 0 aromatic rings. The molecule has 0 fully saturated rings. The van der Waals surface area contributed by atoms with Gasteiger partial charge in [-0.15, -0.1) is 0 Å². The van der Waals surface area contributed by atoms with Gasteiger partial charge in [0.05, 0.1) is 26.4 Å². The Morgan fingerprint density at radius 2 is 1.04 bits per heavy atom. The van der Waals surface area contributed by atoms with E-state index in [0.29, 0.717) is 38.3 Å².